The lowest BCUT2D eigenvalue weighted by atomic mass is 10.0. The highest BCUT2D eigenvalue weighted by atomic mass is 79.9. The van der Waals surface area contributed by atoms with E-state index in [9.17, 15) is 4.79 Å². The highest BCUT2D eigenvalue weighted by molar-refractivity contribution is 9.10. The van der Waals surface area contributed by atoms with Crippen LogP contribution in [-0.2, 0) is 0 Å². The fraction of sp³-hybridized carbons (Fsp3) is 0.105. The highest BCUT2D eigenvalue weighted by Crippen LogP contribution is 2.37. The van der Waals surface area contributed by atoms with Gasteiger partial charge >= 0.3 is 0 Å². The van der Waals surface area contributed by atoms with Gasteiger partial charge in [0.2, 0.25) is 0 Å². The molecule has 1 N–H and O–H groups in total. The summed E-state index contributed by atoms with van der Waals surface area (Å²) in [6.07, 6.45) is 0. The second-order valence-electron chi connectivity index (χ2n) is 5.41. The topological polar surface area (TPSA) is 38.3 Å². The van der Waals surface area contributed by atoms with E-state index < -0.39 is 0 Å². The van der Waals surface area contributed by atoms with Crippen molar-refractivity contribution in [3.05, 3.63) is 69.2 Å². The Kier molecular flexibility index (Phi) is 4.78. The van der Waals surface area contributed by atoms with Gasteiger partial charge in [-0.15, -0.1) is 0 Å². The number of hydrogen-bond acceptors (Lipinski definition) is 2. The number of carbonyl (C=O) groups is 1. The van der Waals surface area contributed by atoms with E-state index in [4.69, 9.17) is 16.3 Å². The molecular formula is C19H15BrClNO2. The van der Waals surface area contributed by atoms with Gasteiger partial charge in [-0.1, -0.05) is 41.9 Å². The Labute approximate surface area is 153 Å². The van der Waals surface area contributed by atoms with Gasteiger partial charge in [0.25, 0.3) is 5.91 Å². The average molecular weight is 405 g/mol. The number of anilines is 1. The first-order valence-corrected chi connectivity index (χ1v) is 8.51. The Morgan fingerprint density at radius 1 is 1.17 bits per heavy atom. The van der Waals surface area contributed by atoms with Gasteiger partial charge in [-0.2, -0.15) is 0 Å². The van der Waals surface area contributed by atoms with E-state index >= 15 is 0 Å². The van der Waals surface area contributed by atoms with Gasteiger partial charge in [0.1, 0.15) is 5.75 Å². The predicted octanol–water partition coefficient (Wildman–Crippen LogP) is 5.83. The Balaban J connectivity index is 2.08. The number of carbonyl (C=O) groups excluding carboxylic acids is 1. The maximum atomic E-state index is 12.8. The smallest absolute Gasteiger partial charge is 0.259 e. The third-order valence-corrected chi connectivity index (χ3v) is 4.86. The van der Waals surface area contributed by atoms with Crippen LogP contribution in [0.5, 0.6) is 5.75 Å². The monoisotopic (exact) mass is 403 g/mol. The number of benzene rings is 3. The molecule has 3 aromatic rings. The van der Waals surface area contributed by atoms with Crippen LogP contribution in [0.1, 0.15) is 15.9 Å². The molecule has 0 heterocycles. The standard InChI is InChI=1S/C19H15BrClNO2/c1-11-7-8-13(21)10-16(11)22-19(23)15-9-12-5-3-4-6-14(12)17(20)18(15)24-2/h3-10H,1-2H3,(H,22,23). The molecule has 3 nitrogen and oxygen atoms in total. The minimum Gasteiger partial charge on any atom is -0.495 e. The Hall–Kier alpha value is -2.04. The summed E-state index contributed by atoms with van der Waals surface area (Å²) in [7, 11) is 1.55. The zero-order chi connectivity index (χ0) is 17.3. The number of amides is 1. The number of aryl methyl sites for hydroxylation is 1. The summed E-state index contributed by atoms with van der Waals surface area (Å²) >= 11 is 9.57. The van der Waals surface area contributed by atoms with Crippen molar-refractivity contribution in [3.8, 4) is 5.75 Å². The van der Waals surface area contributed by atoms with Gasteiger partial charge in [-0.25, -0.2) is 0 Å². The van der Waals surface area contributed by atoms with Crippen LogP contribution in [0.4, 0.5) is 5.69 Å². The first kappa shape index (κ1) is 16.8. The van der Waals surface area contributed by atoms with Crippen molar-refractivity contribution in [1.29, 1.82) is 0 Å². The number of fused-ring (bicyclic) bond motifs is 1. The first-order valence-electron chi connectivity index (χ1n) is 7.34. The molecule has 0 saturated carbocycles. The van der Waals surface area contributed by atoms with Gasteiger partial charge in [0.15, 0.2) is 0 Å². The fourth-order valence-electron chi connectivity index (χ4n) is 2.57. The van der Waals surface area contributed by atoms with Crippen molar-refractivity contribution in [1.82, 2.24) is 0 Å². The molecule has 0 radical (unpaired) electrons. The van der Waals surface area contributed by atoms with Crippen molar-refractivity contribution in [2.45, 2.75) is 6.92 Å². The van der Waals surface area contributed by atoms with Crippen molar-refractivity contribution in [2.24, 2.45) is 0 Å². The highest BCUT2D eigenvalue weighted by Gasteiger charge is 2.18. The normalized spacial score (nSPS) is 10.7. The Morgan fingerprint density at radius 2 is 1.92 bits per heavy atom. The number of nitrogens with one attached hydrogen (secondary N) is 1. The summed E-state index contributed by atoms with van der Waals surface area (Å²) < 4.78 is 6.22. The zero-order valence-corrected chi connectivity index (χ0v) is 15.5. The molecule has 1 amide bonds. The van der Waals surface area contributed by atoms with Gasteiger partial charge in [0.05, 0.1) is 17.1 Å². The molecule has 3 rings (SSSR count). The van der Waals surface area contributed by atoms with Crippen LogP contribution in [0.2, 0.25) is 5.02 Å². The third kappa shape index (κ3) is 3.12. The molecule has 0 fully saturated rings. The minimum absolute atomic E-state index is 0.247. The van der Waals surface area contributed by atoms with Crippen LogP contribution in [0.3, 0.4) is 0 Å². The summed E-state index contributed by atoms with van der Waals surface area (Å²) in [5.74, 6) is 0.259. The summed E-state index contributed by atoms with van der Waals surface area (Å²) in [5.41, 5.74) is 2.08. The van der Waals surface area contributed by atoms with Crippen LogP contribution in [-0.4, -0.2) is 13.0 Å². The maximum absolute atomic E-state index is 12.8. The zero-order valence-electron chi connectivity index (χ0n) is 13.2. The quantitative estimate of drug-likeness (QED) is 0.597. The van der Waals surface area contributed by atoms with Crippen LogP contribution < -0.4 is 10.1 Å². The van der Waals surface area contributed by atoms with E-state index in [0.717, 1.165) is 20.8 Å². The molecule has 5 heteroatoms. The summed E-state index contributed by atoms with van der Waals surface area (Å²) in [5, 5.41) is 5.43. The van der Waals surface area contributed by atoms with Crippen molar-refractivity contribution in [2.75, 3.05) is 12.4 Å². The number of rotatable bonds is 3. The van der Waals surface area contributed by atoms with E-state index in [1.54, 1.807) is 19.2 Å². The second-order valence-corrected chi connectivity index (χ2v) is 6.64. The second kappa shape index (κ2) is 6.83. The molecule has 0 atom stereocenters. The molecule has 0 saturated heterocycles. The predicted molar refractivity (Wildman–Crippen MR) is 102 cm³/mol. The van der Waals surface area contributed by atoms with E-state index in [0.29, 0.717) is 22.0 Å². The van der Waals surface area contributed by atoms with Gasteiger partial charge in [-0.3, -0.25) is 4.79 Å². The van der Waals surface area contributed by atoms with Gasteiger partial charge in [-0.05, 0) is 57.4 Å². The van der Waals surface area contributed by atoms with Crippen molar-refractivity contribution >= 4 is 49.9 Å². The Bertz CT molecular complexity index is 940. The SMILES string of the molecule is COc1c(C(=O)Nc2cc(Cl)ccc2C)cc2ccccc2c1Br. The van der Waals surface area contributed by atoms with E-state index in [1.807, 2.05) is 43.3 Å². The fourth-order valence-corrected chi connectivity index (χ4v) is 3.48. The largest absolute Gasteiger partial charge is 0.495 e. The van der Waals surface area contributed by atoms with E-state index in [2.05, 4.69) is 21.2 Å². The summed E-state index contributed by atoms with van der Waals surface area (Å²) in [6, 6.07) is 15.0. The van der Waals surface area contributed by atoms with Gasteiger partial charge < -0.3 is 10.1 Å². The molecule has 0 aliphatic carbocycles. The molecule has 0 unspecified atom stereocenters. The van der Waals surface area contributed by atoms with Crippen LogP contribution in [0.25, 0.3) is 10.8 Å². The van der Waals surface area contributed by atoms with Crippen LogP contribution in [0, 0.1) is 6.92 Å². The lowest BCUT2D eigenvalue weighted by molar-refractivity contribution is 0.102. The third-order valence-electron chi connectivity index (χ3n) is 3.84. The molecule has 0 bridgehead atoms. The van der Waals surface area contributed by atoms with E-state index in [1.165, 1.54) is 0 Å². The van der Waals surface area contributed by atoms with Gasteiger partial charge in [0, 0.05) is 10.7 Å². The maximum Gasteiger partial charge on any atom is 0.259 e. The molecule has 122 valence electrons. The van der Waals surface area contributed by atoms with Crippen LogP contribution in [0.15, 0.2) is 53.0 Å². The molecule has 0 aliphatic rings. The minimum atomic E-state index is -0.247. The molecular weight excluding hydrogens is 390 g/mol. The molecule has 24 heavy (non-hydrogen) atoms. The Morgan fingerprint density at radius 3 is 2.67 bits per heavy atom. The van der Waals surface area contributed by atoms with Crippen molar-refractivity contribution in [3.63, 3.8) is 0 Å². The molecule has 3 aromatic carbocycles. The van der Waals surface area contributed by atoms with Crippen LogP contribution >= 0.6 is 27.5 Å². The number of halogens is 2. The van der Waals surface area contributed by atoms with E-state index in [-0.39, 0.29) is 5.91 Å². The lowest BCUT2D eigenvalue weighted by Crippen LogP contribution is -2.14. The summed E-state index contributed by atoms with van der Waals surface area (Å²) in [4.78, 5) is 12.8. The lowest BCUT2D eigenvalue weighted by Gasteiger charge is -2.14. The molecule has 0 aromatic heterocycles. The average Bonchev–Trinajstić information content (AvgIpc) is 2.58. The number of ether oxygens (including phenoxy) is 1. The molecule has 0 aliphatic heterocycles. The number of methoxy groups -OCH3 is 1. The van der Waals surface area contributed by atoms with Crippen molar-refractivity contribution < 1.29 is 9.53 Å². The summed E-state index contributed by atoms with van der Waals surface area (Å²) in [6.45, 7) is 1.92. The molecule has 0 spiro atoms. The number of hydrogen-bond donors (Lipinski definition) is 1. The first-order chi connectivity index (χ1) is 11.5.